The minimum Gasteiger partial charge on any atom is -0.379 e. The second-order valence-electron chi connectivity index (χ2n) is 7.79. The third kappa shape index (κ3) is 5.87. The summed E-state index contributed by atoms with van der Waals surface area (Å²) in [4.78, 5) is 44.1. The van der Waals surface area contributed by atoms with Crippen LogP contribution < -0.4 is 10.9 Å². The highest BCUT2D eigenvalue weighted by Crippen LogP contribution is 2.19. The van der Waals surface area contributed by atoms with Crippen molar-refractivity contribution in [1.82, 2.24) is 14.5 Å². The number of fused-ring (bicyclic) bond motifs is 1. The summed E-state index contributed by atoms with van der Waals surface area (Å²) in [6.45, 7) is 5.77. The second-order valence-corrected chi connectivity index (χ2v) is 8.74. The number of carbonyl (C=O) groups excluding carboxylic acids is 2. The molecule has 9 heteroatoms. The molecule has 172 valence electrons. The van der Waals surface area contributed by atoms with Gasteiger partial charge in [-0.05, 0) is 43.3 Å². The van der Waals surface area contributed by atoms with E-state index in [4.69, 9.17) is 4.74 Å². The molecule has 0 atom stereocenters. The first-order valence-electron chi connectivity index (χ1n) is 10.8. The van der Waals surface area contributed by atoms with Crippen LogP contribution in [0.2, 0.25) is 0 Å². The molecule has 8 nitrogen and oxygen atoms in total. The van der Waals surface area contributed by atoms with Gasteiger partial charge < -0.3 is 10.1 Å². The maximum Gasteiger partial charge on any atom is 0.262 e. The molecule has 2 heterocycles. The highest BCUT2D eigenvalue weighted by molar-refractivity contribution is 7.99. The first-order valence-corrected chi connectivity index (χ1v) is 11.8. The molecule has 33 heavy (non-hydrogen) atoms. The van der Waals surface area contributed by atoms with E-state index in [-0.39, 0.29) is 23.0 Å². The van der Waals surface area contributed by atoms with Crippen molar-refractivity contribution in [1.29, 1.82) is 0 Å². The SMILES string of the molecule is CC(=O)c1ccc(NC(=O)CSc2nc3ccccc3c(=O)n2CCN2CCOCC2)cc1. The number of morpholine rings is 1. The van der Waals surface area contributed by atoms with Gasteiger partial charge in [0.15, 0.2) is 10.9 Å². The number of ketones is 1. The van der Waals surface area contributed by atoms with E-state index in [9.17, 15) is 14.4 Å². The fourth-order valence-electron chi connectivity index (χ4n) is 3.64. The average molecular weight is 467 g/mol. The molecule has 0 saturated carbocycles. The smallest absolute Gasteiger partial charge is 0.262 e. The maximum absolute atomic E-state index is 13.2. The van der Waals surface area contributed by atoms with Gasteiger partial charge in [-0.2, -0.15) is 0 Å². The number of aromatic nitrogens is 2. The minimum absolute atomic E-state index is 0.0270. The number of hydrogen-bond acceptors (Lipinski definition) is 7. The molecule has 1 saturated heterocycles. The second kappa shape index (κ2) is 10.7. The normalized spacial score (nSPS) is 14.3. The van der Waals surface area contributed by atoms with Crippen molar-refractivity contribution >= 4 is 40.0 Å². The number of carbonyl (C=O) groups is 2. The molecule has 0 radical (unpaired) electrons. The van der Waals surface area contributed by atoms with Gasteiger partial charge in [-0.25, -0.2) is 4.98 Å². The number of rotatable bonds is 8. The Balaban J connectivity index is 1.48. The molecule has 1 N–H and O–H groups in total. The quantitative estimate of drug-likeness (QED) is 0.310. The maximum atomic E-state index is 13.2. The van der Waals surface area contributed by atoms with Crippen LogP contribution in [-0.2, 0) is 16.1 Å². The Morgan fingerprint density at radius 1 is 1.06 bits per heavy atom. The van der Waals surface area contributed by atoms with Gasteiger partial charge in [0.05, 0.1) is 29.9 Å². The Hall–Kier alpha value is -3.01. The topological polar surface area (TPSA) is 93.5 Å². The lowest BCUT2D eigenvalue weighted by Gasteiger charge is -2.27. The number of amides is 1. The van der Waals surface area contributed by atoms with Crippen molar-refractivity contribution < 1.29 is 14.3 Å². The Morgan fingerprint density at radius 2 is 1.79 bits per heavy atom. The number of anilines is 1. The summed E-state index contributed by atoms with van der Waals surface area (Å²) in [6, 6.07) is 14.0. The van der Waals surface area contributed by atoms with Crippen LogP contribution >= 0.6 is 11.8 Å². The van der Waals surface area contributed by atoms with Crippen LogP contribution in [0.15, 0.2) is 58.5 Å². The van der Waals surface area contributed by atoms with E-state index in [2.05, 4.69) is 15.2 Å². The highest BCUT2D eigenvalue weighted by atomic mass is 32.2. The lowest BCUT2D eigenvalue weighted by molar-refractivity contribution is -0.113. The molecular formula is C24H26N4O4S. The van der Waals surface area contributed by atoms with Crippen molar-refractivity contribution in [3.8, 4) is 0 Å². The molecule has 0 spiro atoms. The summed E-state index contributed by atoms with van der Waals surface area (Å²) >= 11 is 1.24. The molecule has 1 fully saturated rings. The summed E-state index contributed by atoms with van der Waals surface area (Å²) in [6.07, 6.45) is 0. The zero-order valence-electron chi connectivity index (χ0n) is 18.5. The number of benzene rings is 2. The van der Waals surface area contributed by atoms with Gasteiger partial charge in [0.1, 0.15) is 0 Å². The molecule has 1 amide bonds. The van der Waals surface area contributed by atoms with Gasteiger partial charge in [-0.3, -0.25) is 23.9 Å². The fourth-order valence-corrected chi connectivity index (χ4v) is 4.46. The van der Waals surface area contributed by atoms with E-state index in [1.165, 1.54) is 18.7 Å². The van der Waals surface area contributed by atoms with Crippen LogP contribution in [0.1, 0.15) is 17.3 Å². The summed E-state index contributed by atoms with van der Waals surface area (Å²) in [5, 5.41) is 3.92. The molecule has 2 aromatic carbocycles. The summed E-state index contributed by atoms with van der Waals surface area (Å²) in [5.41, 5.74) is 1.72. The summed E-state index contributed by atoms with van der Waals surface area (Å²) in [5.74, 6) is -0.130. The molecule has 1 aliphatic rings. The monoisotopic (exact) mass is 466 g/mol. The first kappa shape index (κ1) is 23.2. The number of hydrogen-bond donors (Lipinski definition) is 1. The summed E-state index contributed by atoms with van der Waals surface area (Å²) < 4.78 is 7.07. The van der Waals surface area contributed by atoms with Crippen LogP contribution in [0.4, 0.5) is 5.69 Å². The van der Waals surface area contributed by atoms with Crippen molar-refractivity contribution in [2.45, 2.75) is 18.6 Å². The van der Waals surface area contributed by atoms with Crippen molar-refractivity contribution in [3.05, 3.63) is 64.4 Å². The number of para-hydroxylation sites is 1. The minimum atomic E-state index is -0.210. The zero-order chi connectivity index (χ0) is 23.2. The van der Waals surface area contributed by atoms with Gasteiger partial charge in [0.2, 0.25) is 5.91 Å². The largest absolute Gasteiger partial charge is 0.379 e. The van der Waals surface area contributed by atoms with E-state index in [1.807, 2.05) is 18.2 Å². The standard InChI is InChI=1S/C24H26N4O4S/c1-17(29)18-6-8-19(9-7-18)25-22(30)16-33-24-26-21-5-3-2-4-20(21)23(31)28(24)11-10-27-12-14-32-15-13-27/h2-9H,10-16H2,1H3,(H,25,30). The Bertz CT molecular complexity index is 1200. The fraction of sp³-hybridized carbons (Fsp3) is 0.333. The van der Waals surface area contributed by atoms with Gasteiger partial charge >= 0.3 is 0 Å². The first-order chi connectivity index (χ1) is 16.0. The van der Waals surface area contributed by atoms with E-state index in [1.54, 1.807) is 34.9 Å². The van der Waals surface area contributed by atoms with E-state index in [0.717, 1.165) is 13.1 Å². The number of nitrogens with zero attached hydrogens (tertiary/aromatic N) is 3. The van der Waals surface area contributed by atoms with Gasteiger partial charge in [0, 0.05) is 37.4 Å². The average Bonchev–Trinajstić information content (AvgIpc) is 2.83. The predicted molar refractivity (Wildman–Crippen MR) is 129 cm³/mol. The molecular weight excluding hydrogens is 440 g/mol. The predicted octanol–water partition coefficient (Wildman–Crippen LogP) is 2.66. The highest BCUT2D eigenvalue weighted by Gasteiger charge is 2.16. The van der Waals surface area contributed by atoms with E-state index >= 15 is 0 Å². The zero-order valence-corrected chi connectivity index (χ0v) is 19.3. The lowest BCUT2D eigenvalue weighted by Crippen LogP contribution is -2.39. The molecule has 0 unspecified atom stereocenters. The molecule has 1 aliphatic heterocycles. The number of Topliss-reactive ketones (excluding diaryl/α,β-unsaturated/α-hetero) is 1. The van der Waals surface area contributed by atoms with Crippen LogP contribution in [-0.4, -0.2) is 64.7 Å². The molecule has 4 rings (SSSR count). The molecule has 0 bridgehead atoms. The van der Waals surface area contributed by atoms with Crippen LogP contribution in [0, 0.1) is 0 Å². The number of nitrogens with one attached hydrogen (secondary N) is 1. The van der Waals surface area contributed by atoms with Crippen LogP contribution in [0.3, 0.4) is 0 Å². The molecule has 1 aromatic heterocycles. The summed E-state index contributed by atoms with van der Waals surface area (Å²) in [7, 11) is 0. The van der Waals surface area contributed by atoms with Crippen LogP contribution in [0.5, 0.6) is 0 Å². The van der Waals surface area contributed by atoms with Crippen molar-refractivity contribution in [2.75, 3.05) is 43.9 Å². The van der Waals surface area contributed by atoms with Gasteiger partial charge in [-0.15, -0.1) is 0 Å². The molecule has 3 aromatic rings. The lowest BCUT2D eigenvalue weighted by atomic mass is 10.1. The van der Waals surface area contributed by atoms with Crippen LogP contribution in [0.25, 0.3) is 10.9 Å². The third-order valence-corrected chi connectivity index (χ3v) is 6.45. The van der Waals surface area contributed by atoms with Gasteiger partial charge in [0.25, 0.3) is 5.56 Å². The number of thioether (sulfide) groups is 1. The van der Waals surface area contributed by atoms with E-state index in [0.29, 0.717) is 53.6 Å². The molecule has 0 aliphatic carbocycles. The third-order valence-electron chi connectivity index (χ3n) is 5.48. The number of ether oxygens (including phenoxy) is 1. The van der Waals surface area contributed by atoms with Crippen molar-refractivity contribution in [3.63, 3.8) is 0 Å². The van der Waals surface area contributed by atoms with Gasteiger partial charge in [-0.1, -0.05) is 23.9 Å². The Kier molecular flexibility index (Phi) is 7.54. The Labute approximate surface area is 195 Å². The van der Waals surface area contributed by atoms with E-state index < -0.39 is 0 Å². The van der Waals surface area contributed by atoms with Crippen molar-refractivity contribution in [2.24, 2.45) is 0 Å². The Morgan fingerprint density at radius 3 is 2.52 bits per heavy atom.